The molecule has 1 aromatic carbocycles. The van der Waals surface area contributed by atoms with Crippen molar-refractivity contribution < 1.29 is 19.1 Å². The van der Waals surface area contributed by atoms with Crippen molar-refractivity contribution in [2.75, 3.05) is 6.54 Å². The number of halogens is 2. The van der Waals surface area contributed by atoms with Gasteiger partial charge in [-0.25, -0.2) is 4.39 Å². The topological polar surface area (TPSA) is 92.4 Å². The maximum Gasteiger partial charge on any atom is 0.255 e. The molecule has 1 atom stereocenters. The van der Waals surface area contributed by atoms with Gasteiger partial charge in [0.15, 0.2) is 0 Å². The molecule has 0 saturated carbocycles. The Morgan fingerprint density at radius 1 is 1.53 bits per heavy atom. The minimum atomic E-state index is -1.50. The van der Waals surface area contributed by atoms with Crippen LogP contribution in [-0.4, -0.2) is 29.6 Å². The van der Waals surface area contributed by atoms with Gasteiger partial charge in [-0.05, 0) is 28.1 Å². The highest BCUT2D eigenvalue weighted by molar-refractivity contribution is 9.10. The highest BCUT2D eigenvalue weighted by atomic mass is 79.9. The first-order valence-corrected chi connectivity index (χ1v) is 5.42. The van der Waals surface area contributed by atoms with Crippen LogP contribution in [0.15, 0.2) is 22.7 Å². The summed E-state index contributed by atoms with van der Waals surface area (Å²) in [4.78, 5) is 22.1. The number of rotatable bonds is 4. The molecule has 0 spiro atoms. The van der Waals surface area contributed by atoms with Gasteiger partial charge in [0.25, 0.3) is 5.91 Å². The molecule has 0 aliphatic carbocycles. The van der Waals surface area contributed by atoms with E-state index in [1.165, 1.54) is 12.1 Å². The van der Waals surface area contributed by atoms with Gasteiger partial charge in [-0.15, -0.1) is 0 Å². The predicted molar refractivity (Wildman–Crippen MR) is 61.6 cm³/mol. The van der Waals surface area contributed by atoms with E-state index >= 15 is 0 Å². The Morgan fingerprint density at radius 3 is 2.71 bits per heavy atom. The monoisotopic (exact) mass is 304 g/mol. The van der Waals surface area contributed by atoms with E-state index in [1.54, 1.807) is 0 Å². The lowest BCUT2D eigenvalue weighted by Crippen LogP contribution is -2.40. The smallest absolute Gasteiger partial charge is 0.255 e. The molecule has 1 unspecified atom stereocenters. The Morgan fingerprint density at radius 2 is 2.18 bits per heavy atom. The zero-order valence-electron chi connectivity index (χ0n) is 8.61. The maximum absolute atomic E-state index is 13.3. The zero-order valence-corrected chi connectivity index (χ0v) is 10.2. The second kappa shape index (κ2) is 5.74. The van der Waals surface area contributed by atoms with E-state index in [0.717, 1.165) is 6.07 Å². The van der Waals surface area contributed by atoms with Crippen molar-refractivity contribution in [2.45, 2.75) is 6.10 Å². The molecule has 0 heterocycles. The number of hydrogen-bond acceptors (Lipinski definition) is 3. The van der Waals surface area contributed by atoms with Crippen LogP contribution in [0.4, 0.5) is 4.39 Å². The van der Waals surface area contributed by atoms with E-state index in [1.807, 2.05) is 0 Å². The van der Waals surface area contributed by atoms with Gasteiger partial charge >= 0.3 is 0 Å². The van der Waals surface area contributed by atoms with Crippen molar-refractivity contribution in [3.05, 3.63) is 34.1 Å². The fraction of sp³-hybridized carbons (Fsp3) is 0.200. The molecule has 17 heavy (non-hydrogen) atoms. The summed E-state index contributed by atoms with van der Waals surface area (Å²) < 4.78 is 13.6. The molecular weight excluding hydrogens is 295 g/mol. The van der Waals surface area contributed by atoms with E-state index in [2.05, 4.69) is 21.2 Å². The first-order chi connectivity index (χ1) is 7.93. The van der Waals surface area contributed by atoms with Gasteiger partial charge < -0.3 is 16.2 Å². The highest BCUT2D eigenvalue weighted by Gasteiger charge is 2.17. The number of primary amides is 1. The summed E-state index contributed by atoms with van der Waals surface area (Å²) in [5.41, 5.74) is 4.61. The molecule has 92 valence electrons. The Kier molecular flexibility index (Phi) is 4.59. The average molecular weight is 305 g/mol. The van der Waals surface area contributed by atoms with Crippen molar-refractivity contribution in [1.29, 1.82) is 0 Å². The van der Waals surface area contributed by atoms with Crippen LogP contribution >= 0.6 is 15.9 Å². The van der Waals surface area contributed by atoms with Gasteiger partial charge in [-0.2, -0.15) is 0 Å². The van der Waals surface area contributed by atoms with Gasteiger partial charge in [-0.3, -0.25) is 9.59 Å². The number of hydrogen-bond donors (Lipinski definition) is 3. The van der Waals surface area contributed by atoms with Crippen LogP contribution in [0.5, 0.6) is 0 Å². The second-order valence-electron chi connectivity index (χ2n) is 3.22. The van der Waals surface area contributed by atoms with Crippen molar-refractivity contribution in [1.82, 2.24) is 5.32 Å². The lowest BCUT2D eigenvalue weighted by Gasteiger charge is -2.10. The summed E-state index contributed by atoms with van der Waals surface area (Å²) in [5, 5.41) is 11.3. The summed E-state index contributed by atoms with van der Waals surface area (Å²) in [6.45, 7) is -0.366. The molecule has 2 amide bonds. The third kappa shape index (κ3) is 3.50. The van der Waals surface area contributed by atoms with E-state index in [-0.39, 0.29) is 16.6 Å². The molecule has 5 nitrogen and oxygen atoms in total. The molecule has 0 aliphatic rings. The molecule has 0 radical (unpaired) electrons. The van der Waals surface area contributed by atoms with Crippen LogP contribution in [0.25, 0.3) is 0 Å². The molecular formula is C10H10BrFN2O3. The number of nitrogens with one attached hydrogen (secondary N) is 1. The minimum Gasteiger partial charge on any atom is -0.381 e. The Hall–Kier alpha value is -1.47. The second-order valence-corrected chi connectivity index (χ2v) is 4.08. The molecule has 0 saturated heterocycles. The Balaban J connectivity index is 2.74. The van der Waals surface area contributed by atoms with Crippen molar-refractivity contribution in [3.63, 3.8) is 0 Å². The van der Waals surface area contributed by atoms with Gasteiger partial charge in [0.1, 0.15) is 11.9 Å². The number of carbonyl (C=O) groups excluding carboxylic acids is 2. The normalized spacial score (nSPS) is 11.9. The van der Waals surface area contributed by atoms with E-state index in [4.69, 9.17) is 10.8 Å². The third-order valence-electron chi connectivity index (χ3n) is 1.97. The zero-order chi connectivity index (χ0) is 13.0. The molecule has 4 N–H and O–H groups in total. The van der Waals surface area contributed by atoms with Crippen LogP contribution < -0.4 is 11.1 Å². The van der Waals surface area contributed by atoms with Gasteiger partial charge in [-0.1, -0.05) is 6.07 Å². The fourth-order valence-electron chi connectivity index (χ4n) is 1.09. The number of benzene rings is 1. The predicted octanol–water partition coefficient (Wildman–Crippen LogP) is 0.164. The number of amides is 2. The Bertz CT molecular complexity index is 433. The molecule has 0 aliphatic heterocycles. The number of nitrogens with two attached hydrogens (primary N) is 1. The Labute approximate surface area is 105 Å². The van der Waals surface area contributed by atoms with Gasteiger partial charge in [0, 0.05) is 4.47 Å². The van der Waals surface area contributed by atoms with Crippen LogP contribution in [0.3, 0.4) is 0 Å². The van der Waals surface area contributed by atoms with Crippen LogP contribution in [0.2, 0.25) is 0 Å². The first kappa shape index (κ1) is 13.6. The molecule has 0 fully saturated rings. The molecule has 0 aromatic heterocycles. The van der Waals surface area contributed by atoms with E-state index in [0.29, 0.717) is 0 Å². The fourth-order valence-corrected chi connectivity index (χ4v) is 1.62. The molecule has 1 rings (SSSR count). The number of carbonyl (C=O) groups is 2. The lowest BCUT2D eigenvalue weighted by molar-refractivity contribution is -0.125. The summed E-state index contributed by atoms with van der Waals surface area (Å²) >= 11 is 3.03. The molecule has 0 bridgehead atoms. The van der Waals surface area contributed by atoms with Crippen LogP contribution in [0, 0.1) is 5.82 Å². The largest absolute Gasteiger partial charge is 0.381 e. The maximum atomic E-state index is 13.3. The van der Waals surface area contributed by atoms with Crippen molar-refractivity contribution in [3.8, 4) is 0 Å². The molecule has 1 aromatic rings. The van der Waals surface area contributed by atoms with Gasteiger partial charge in [0.2, 0.25) is 5.91 Å². The number of aliphatic hydroxyl groups excluding tert-OH is 1. The quantitative estimate of drug-likeness (QED) is 0.740. The SMILES string of the molecule is NC(=O)C(O)CNC(=O)c1c(F)cccc1Br. The van der Waals surface area contributed by atoms with Crippen LogP contribution in [0.1, 0.15) is 10.4 Å². The first-order valence-electron chi connectivity index (χ1n) is 4.63. The van der Waals surface area contributed by atoms with E-state index in [9.17, 15) is 14.0 Å². The minimum absolute atomic E-state index is 0.191. The van der Waals surface area contributed by atoms with Crippen molar-refractivity contribution in [2.24, 2.45) is 5.73 Å². The summed E-state index contributed by atoms with van der Waals surface area (Å²) in [7, 11) is 0. The summed E-state index contributed by atoms with van der Waals surface area (Å²) in [5.74, 6) is -2.40. The molecule has 7 heteroatoms. The third-order valence-corrected chi connectivity index (χ3v) is 2.64. The standard InChI is InChI=1S/C10H10BrFN2O3/c11-5-2-1-3-6(12)8(5)10(17)14-4-7(15)9(13)16/h1-3,7,15H,4H2,(H2,13,16)(H,14,17). The summed E-state index contributed by atoms with van der Waals surface area (Å²) in [6, 6.07) is 4.07. The van der Waals surface area contributed by atoms with E-state index < -0.39 is 23.7 Å². The summed E-state index contributed by atoms with van der Waals surface area (Å²) in [6.07, 6.45) is -1.50. The highest BCUT2D eigenvalue weighted by Crippen LogP contribution is 2.19. The number of aliphatic hydroxyl groups is 1. The lowest BCUT2D eigenvalue weighted by atomic mass is 10.2. The van der Waals surface area contributed by atoms with Crippen LogP contribution in [-0.2, 0) is 4.79 Å². The van der Waals surface area contributed by atoms with Crippen molar-refractivity contribution >= 4 is 27.7 Å². The van der Waals surface area contributed by atoms with Gasteiger partial charge in [0.05, 0.1) is 12.1 Å². The average Bonchev–Trinajstić information content (AvgIpc) is 2.25.